The monoisotopic (exact) mass is 491 g/mol. The molecular weight excluding hydrogens is 476 g/mol. The molecular formula is C21H15F2N3O7S. The summed E-state index contributed by atoms with van der Waals surface area (Å²) < 4.78 is 57.8. The first kappa shape index (κ1) is 24.3. The number of hydrogen-bond acceptors (Lipinski definition) is 7. The first-order chi connectivity index (χ1) is 16.0. The van der Waals surface area contributed by atoms with Gasteiger partial charge >= 0.3 is 5.97 Å². The summed E-state index contributed by atoms with van der Waals surface area (Å²) in [7, 11) is -3.12. The van der Waals surface area contributed by atoms with Crippen LogP contribution in [0.15, 0.2) is 65.6 Å². The minimum absolute atomic E-state index is 0.0612. The van der Waals surface area contributed by atoms with Gasteiger partial charge in [0.05, 0.1) is 22.5 Å². The Morgan fingerprint density at radius 1 is 0.912 bits per heavy atom. The van der Waals surface area contributed by atoms with Gasteiger partial charge in [0.2, 0.25) is 0 Å². The first-order valence-electron chi connectivity index (χ1n) is 9.27. The molecule has 13 heteroatoms. The molecule has 0 aromatic heterocycles. The third-order valence-corrected chi connectivity index (χ3v) is 5.79. The Hall–Kier alpha value is -4.39. The van der Waals surface area contributed by atoms with Gasteiger partial charge in [-0.25, -0.2) is 22.0 Å². The number of carbonyl (C=O) groups is 2. The van der Waals surface area contributed by atoms with Crippen molar-refractivity contribution in [2.24, 2.45) is 0 Å². The molecule has 0 saturated heterocycles. The Morgan fingerprint density at radius 3 is 2.12 bits per heavy atom. The van der Waals surface area contributed by atoms with Crippen LogP contribution >= 0.6 is 0 Å². The van der Waals surface area contributed by atoms with E-state index in [-0.39, 0.29) is 22.5 Å². The molecule has 2 N–H and O–H groups in total. The smallest absolute Gasteiger partial charge is 0.338 e. The molecule has 0 bridgehead atoms. The van der Waals surface area contributed by atoms with E-state index in [0.717, 1.165) is 31.4 Å². The molecule has 0 aliphatic rings. The molecule has 0 spiro atoms. The van der Waals surface area contributed by atoms with Crippen molar-refractivity contribution in [3.63, 3.8) is 0 Å². The zero-order valence-electron chi connectivity index (χ0n) is 17.2. The average Bonchev–Trinajstić information content (AvgIpc) is 2.80. The summed E-state index contributed by atoms with van der Waals surface area (Å²) in [5, 5.41) is 13.6. The Kier molecular flexibility index (Phi) is 6.86. The highest BCUT2D eigenvalue weighted by molar-refractivity contribution is 7.92. The molecule has 10 nitrogen and oxygen atoms in total. The Morgan fingerprint density at radius 2 is 1.53 bits per heavy atom. The second kappa shape index (κ2) is 9.62. The second-order valence-electron chi connectivity index (χ2n) is 6.73. The van der Waals surface area contributed by atoms with Crippen LogP contribution in [0, 0.1) is 21.7 Å². The largest absolute Gasteiger partial charge is 0.465 e. The summed E-state index contributed by atoms with van der Waals surface area (Å²) in [6, 6.07) is 10.4. The molecule has 0 saturated carbocycles. The van der Waals surface area contributed by atoms with Gasteiger partial charge < -0.3 is 10.1 Å². The molecule has 0 atom stereocenters. The van der Waals surface area contributed by atoms with Crippen LogP contribution in [-0.4, -0.2) is 32.3 Å². The molecule has 3 rings (SSSR count). The summed E-state index contributed by atoms with van der Waals surface area (Å²) in [4.78, 5) is 34.1. The maximum absolute atomic E-state index is 13.4. The topological polar surface area (TPSA) is 145 Å². The molecule has 0 aliphatic heterocycles. The molecule has 0 heterocycles. The van der Waals surface area contributed by atoms with Crippen molar-refractivity contribution in [2.75, 3.05) is 17.1 Å². The van der Waals surface area contributed by atoms with Crippen molar-refractivity contribution in [2.45, 2.75) is 4.90 Å². The predicted molar refractivity (Wildman–Crippen MR) is 116 cm³/mol. The number of nitro benzene ring substituents is 1. The van der Waals surface area contributed by atoms with Gasteiger partial charge in [0.25, 0.3) is 21.6 Å². The first-order valence-corrected chi connectivity index (χ1v) is 10.8. The van der Waals surface area contributed by atoms with Crippen molar-refractivity contribution >= 4 is 39.0 Å². The number of carbonyl (C=O) groups excluding carboxylic acids is 2. The number of nitrogens with one attached hydrogen (secondary N) is 2. The van der Waals surface area contributed by atoms with E-state index >= 15 is 0 Å². The number of ether oxygens (including phenoxy) is 1. The lowest BCUT2D eigenvalue weighted by molar-refractivity contribution is -0.384. The second-order valence-corrected chi connectivity index (χ2v) is 8.41. The van der Waals surface area contributed by atoms with Gasteiger partial charge in [0.15, 0.2) is 11.6 Å². The molecule has 1 amide bonds. The van der Waals surface area contributed by atoms with E-state index in [4.69, 9.17) is 0 Å². The Balaban J connectivity index is 1.77. The van der Waals surface area contributed by atoms with Crippen molar-refractivity contribution in [3.8, 4) is 0 Å². The summed E-state index contributed by atoms with van der Waals surface area (Å²) in [6.45, 7) is 0. The summed E-state index contributed by atoms with van der Waals surface area (Å²) >= 11 is 0. The minimum atomic E-state index is -4.21. The number of rotatable bonds is 7. The lowest BCUT2D eigenvalue weighted by Crippen LogP contribution is -2.15. The van der Waals surface area contributed by atoms with Crippen LogP contribution < -0.4 is 10.0 Å². The van der Waals surface area contributed by atoms with Crippen molar-refractivity contribution in [3.05, 3.63) is 93.5 Å². The highest BCUT2D eigenvalue weighted by Crippen LogP contribution is 2.22. The third kappa shape index (κ3) is 5.50. The van der Waals surface area contributed by atoms with Crippen LogP contribution in [0.1, 0.15) is 20.7 Å². The van der Waals surface area contributed by atoms with E-state index < -0.39 is 49.0 Å². The Bertz CT molecular complexity index is 1390. The molecule has 0 unspecified atom stereocenters. The van der Waals surface area contributed by atoms with Gasteiger partial charge in [-0.15, -0.1) is 0 Å². The number of esters is 1. The van der Waals surface area contributed by atoms with Gasteiger partial charge in [0.1, 0.15) is 0 Å². The third-order valence-electron chi connectivity index (χ3n) is 4.41. The number of anilines is 2. The fourth-order valence-corrected chi connectivity index (χ4v) is 3.84. The fourth-order valence-electron chi connectivity index (χ4n) is 2.77. The molecule has 34 heavy (non-hydrogen) atoms. The van der Waals surface area contributed by atoms with Crippen LogP contribution in [0.4, 0.5) is 25.8 Å². The van der Waals surface area contributed by atoms with Crippen LogP contribution in [0.2, 0.25) is 0 Å². The summed E-state index contributed by atoms with van der Waals surface area (Å²) in [6.07, 6.45) is 0. The summed E-state index contributed by atoms with van der Waals surface area (Å²) in [5.74, 6) is -4.15. The fraction of sp³-hybridized carbons (Fsp3) is 0.0476. The van der Waals surface area contributed by atoms with Gasteiger partial charge in [-0.1, -0.05) is 0 Å². The highest BCUT2D eigenvalue weighted by Gasteiger charge is 2.19. The lowest BCUT2D eigenvalue weighted by atomic mass is 10.1. The van der Waals surface area contributed by atoms with Crippen LogP contribution in [0.5, 0.6) is 0 Å². The van der Waals surface area contributed by atoms with E-state index in [9.17, 15) is 36.9 Å². The summed E-state index contributed by atoms with van der Waals surface area (Å²) in [5.41, 5.74) is -0.602. The zero-order chi connectivity index (χ0) is 25.0. The number of hydrogen-bond donors (Lipinski definition) is 2. The van der Waals surface area contributed by atoms with Crippen LogP contribution in [0.25, 0.3) is 0 Å². The van der Waals surface area contributed by atoms with Crippen molar-refractivity contribution in [1.29, 1.82) is 0 Å². The molecule has 0 radical (unpaired) electrons. The number of nitro groups is 1. The van der Waals surface area contributed by atoms with Crippen molar-refractivity contribution in [1.82, 2.24) is 0 Å². The molecule has 0 aliphatic carbocycles. The molecule has 176 valence electrons. The van der Waals surface area contributed by atoms with E-state index in [2.05, 4.69) is 14.8 Å². The van der Waals surface area contributed by atoms with Crippen LogP contribution in [-0.2, 0) is 14.8 Å². The van der Waals surface area contributed by atoms with Gasteiger partial charge in [-0.3, -0.25) is 19.6 Å². The quantitative estimate of drug-likeness (QED) is 0.291. The number of non-ortho nitro benzene ring substituents is 1. The van der Waals surface area contributed by atoms with E-state index in [1.807, 2.05) is 0 Å². The minimum Gasteiger partial charge on any atom is -0.465 e. The number of amides is 1. The SMILES string of the molecule is COC(=O)c1cc(C(=O)Nc2ccc(NS(=O)(=O)c3ccc(F)c(F)c3)cc2)cc([N+](=O)[O-])c1. The molecule has 3 aromatic rings. The number of methoxy groups -OCH3 is 1. The molecule has 0 fully saturated rings. The average molecular weight is 491 g/mol. The van der Waals surface area contributed by atoms with Gasteiger partial charge in [-0.05, 0) is 48.5 Å². The van der Waals surface area contributed by atoms with E-state index in [1.54, 1.807) is 0 Å². The maximum Gasteiger partial charge on any atom is 0.338 e. The lowest BCUT2D eigenvalue weighted by Gasteiger charge is -2.10. The van der Waals surface area contributed by atoms with Gasteiger partial charge in [0, 0.05) is 29.1 Å². The Labute approximate surface area is 191 Å². The number of sulfonamides is 1. The maximum atomic E-state index is 13.4. The van der Waals surface area contributed by atoms with Crippen LogP contribution in [0.3, 0.4) is 0 Å². The standard InChI is InChI=1S/C21H15F2N3O7S/c1-33-21(28)13-8-12(9-16(10-13)26(29)30)20(27)24-14-2-4-15(5-3-14)25-34(31,32)17-6-7-18(22)19(23)11-17/h2-11,25H,1H3,(H,24,27). The van der Waals surface area contributed by atoms with E-state index in [1.165, 1.54) is 24.3 Å². The number of nitrogens with zero attached hydrogens (tertiary/aromatic N) is 1. The number of benzene rings is 3. The number of halogens is 2. The van der Waals surface area contributed by atoms with E-state index in [0.29, 0.717) is 12.1 Å². The highest BCUT2D eigenvalue weighted by atomic mass is 32.2. The van der Waals surface area contributed by atoms with Crippen molar-refractivity contribution < 1.29 is 36.4 Å². The normalized spacial score (nSPS) is 10.9. The predicted octanol–water partition coefficient (Wildman–Crippen LogP) is 3.71. The molecule has 3 aromatic carbocycles. The zero-order valence-corrected chi connectivity index (χ0v) is 18.1. The van der Waals surface area contributed by atoms with Gasteiger partial charge in [-0.2, -0.15) is 0 Å².